The SMILES string of the molecule is CCCCC/C=C\C/C=C\CCCCCCCC(=O)OCCCCCCCCCCCCCCCCCCCCCCCCCCCCCCCCCC(=O)N[C@@H](CO)[C@H](O)/C=C/CCCCCCCCCCCCCCC. The number of hydrogen-bond donors (Lipinski definition) is 3. The van der Waals surface area contributed by atoms with E-state index < -0.39 is 12.1 Å². The number of carbonyl (C=O) groups is 2. The smallest absolute Gasteiger partial charge is 0.305 e. The number of amides is 1. The maximum Gasteiger partial charge on any atom is 0.305 e. The van der Waals surface area contributed by atoms with Crippen LogP contribution >= 0.6 is 0 Å². The molecule has 6 heteroatoms. The van der Waals surface area contributed by atoms with Crippen LogP contribution in [0.2, 0.25) is 0 Å². The van der Waals surface area contributed by atoms with Crippen molar-refractivity contribution >= 4 is 11.9 Å². The normalized spacial score (nSPS) is 12.7. The Bertz CT molecular complexity index is 1260. The van der Waals surface area contributed by atoms with Crippen LogP contribution < -0.4 is 5.32 Å². The van der Waals surface area contributed by atoms with Gasteiger partial charge in [-0.25, -0.2) is 0 Å². The van der Waals surface area contributed by atoms with Crippen LogP contribution in [0.1, 0.15) is 386 Å². The lowest BCUT2D eigenvalue weighted by molar-refractivity contribution is -0.143. The molecule has 0 unspecified atom stereocenters. The van der Waals surface area contributed by atoms with Gasteiger partial charge >= 0.3 is 5.97 Å². The number of ether oxygens (including phenoxy) is 1. The quantitative estimate of drug-likeness (QED) is 0.0320. The van der Waals surface area contributed by atoms with Crippen molar-refractivity contribution in [2.45, 2.75) is 398 Å². The minimum absolute atomic E-state index is 0.00660. The highest BCUT2D eigenvalue weighted by molar-refractivity contribution is 5.76. The molecule has 0 spiro atoms. The van der Waals surface area contributed by atoms with Crippen molar-refractivity contribution in [3.63, 3.8) is 0 Å². The van der Waals surface area contributed by atoms with Crippen LogP contribution in [0.5, 0.6) is 0 Å². The number of allylic oxidation sites excluding steroid dienone is 5. The van der Waals surface area contributed by atoms with Crippen molar-refractivity contribution in [1.82, 2.24) is 5.32 Å². The van der Waals surface area contributed by atoms with Gasteiger partial charge in [-0.05, 0) is 64.2 Å². The monoisotopic (exact) mass is 1100 g/mol. The summed E-state index contributed by atoms with van der Waals surface area (Å²) in [4.78, 5) is 24.6. The molecule has 1 amide bonds. The zero-order valence-electron chi connectivity index (χ0n) is 52.7. The molecule has 0 aromatic heterocycles. The molecule has 0 rings (SSSR count). The molecule has 0 aliphatic heterocycles. The first-order chi connectivity index (χ1) is 38.5. The van der Waals surface area contributed by atoms with Crippen LogP contribution in [-0.4, -0.2) is 47.4 Å². The van der Waals surface area contributed by atoms with E-state index in [9.17, 15) is 19.8 Å². The molecule has 78 heavy (non-hydrogen) atoms. The number of rotatable bonds is 66. The predicted octanol–water partition coefficient (Wildman–Crippen LogP) is 22.7. The molecule has 0 aliphatic carbocycles. The summed E-state index contributed by atoms with van der Waals surface area (Å²) in [5.74, 6) is -0.0551. The maximum atomic E-state index is 12.5. The Morgan fingerprint density at radius 1 is 0.359 bits per heavy atom. The van der Waals surface area contributed by atoms with E-state index in [1.807, 2.05) is 6.08 Å². The van der Waals surface area contributed by atoms with E-state index in [2.05, 4.69) is 43.5 Å². The largest absolute Gasteiger partial charge is 0.466 e. The lowest BCUT2D eigenvalue weighted by Crippen LogP contribution is -2.45. The number of aliphatic hydroxyl groups is 2. The molecular weight excluding hydrogens is 959 g/mol. The Kier molecular flexibility index (Phi) is 65.9. The average molecular weight is 1100 g/mol. The average Bonchev–Trinajstić information content (AvgIpc) is 3.44. The van der Waals surface area contributed by atoms with Gasteiger partial charge in [0.1, 0.15) is 0 Å². The maximum absolute atomic E-state index is 12.5. The zero-order chi connectivity index (χ0) is 56.4. The molecule has 0 bridgehead atoms. The fourth-order valence-corrected chi connectivity index (χ4v) is 11.0. The molecule has 0 aliphatic rings. The molecule has 6 nitrogen and oxygen atoms in total. The third-order valence-electron chi connectivity index (χ3n) is 16.4. The highest BCUT2D eigenvalue weighted by Crippen LogP contribution is 2.19. The molecule has 0 saturated carbocycles. The second-order valence-electron chi connectivity index (χ2n) is 24.2. The second-order valence-corrected chi connectivity index (χ2v) is 24.2. The van der Waals surface area contributed by atoms with Crippen LogP contribution in [0.4, 0.5) is 0 Å². The van der Waals surface area contributed by atoms with Crippen molar-refractivity contribution < 1.29 is 24.5 Å². The Morgan fingerprint density at radius 3 is 1.00 bits per heavy atom. The van der Waals surface area contributed by atoms with Gasteiger partial charge in [-0.2, -0.15) is 0 Å². The first-order valence-electron chi connectivity index (χ1n) is 35.3. The Balaban J connectivity index is 3.34. The van der Waals surface area contributed by atoms with Crippen molar-refractivity contribution in [2.75, 3.05) is 13.2 Å². The topological polar surface area (TPSA) is 95.9 Å². The molecule has 2 atom stereocenters. The molecule has 3 N–H and O–H groups in total. The van der Waals surface area contributed by atoms with Crippen LogP contribution in [0.25, 0.3) is 0 Å². The third kappa shape index (κ3) is 63.3. The van der Waals surface area contributed by atoms with Gasteiger partial charge in [-0.15, -0.1) is 0 Å². The van der Waals surface area contributed by atoms with E-state index in [1.54, 1.807) is 6.08 Å². The number of hydrogen-bond acceptors (Lipinski definition) is 5. The van der Waals surface area contributed by atoms with Crippen molar-refractivity contribution in [1.29, 1.82) is 0 Å². The molecule has 0 aromatic rings. The van der Waals surface area contributed by atoms with Gasteiger partial charge in [0.2, 0.25) is 5.91 Å². The van der Waals surface area contributed by atoms with Crippen molar-refractivity contribution in [3.05, 3.63) is 36.5 Å². The molecule has 0 saturated heterocycles. The van der Waals surface area contributed by atoms with E-state index >= 15 is 0 Å². The van der Waals surface area contributed by atoms with Crippen molar-refractivity contribution in [3.8, 4) is 0 Å². The summed E-state index contributed by atoms with van der Waals surface area (Å²) in [6.45, 7) is 4.90. The fourth-order valence-electron chi connectivity index (χ4n) is 11.0. The molecule has 0 heterocycles. The number of carbonyl (C=O) groups excluding carboxylic acids is 2. The minimum Gasteiger partial charge on any atom is -0.466 e. The van der Waals surface area contributed by atoms with Crippen LogP contribution in [0.15, 0.2) is 36.5 Å². The molecule has 0 radical (unpaired) electrons. The van der Waals surface area contributed by atoms with Gasteiger partial charge in [0, 0.05) is 12.8 Å². The Morgan fingerprint density at radius 2 is 0.641 bits per heavy atom. The van der Waals surface area contributed by atoms with Gasteiger partial charge in [0.05, 0.1) is 25.4 Å². The third-order valence-corrected chi connectivity index (χ3v) is 16.4. The van der Waals surface area contributed by atoms with Gasteiger partial charge < -0.3 is 20.3 Å². The first-order valence-corrected chi connectivity index (χ1v) is 35.3. The van der Waals surface area contributed by atoms with E-state index in [1.165, 1.54) is 308 Å². The highest BCUT2D eigenvalue weighted by atomic mass is 16.5. The van der Waals surface area contributed by atoms with Crippen molar-refractivity contribution in [2.24, 2.45) is 0 Å². The summed E-state index contributed by atoms with van der Waals surface area (Å²) in [6.07, 6.45) is 86.6. The first kappa shape index (κ1) is 76.1. The number of nitrogens with one attached hydrogen (secondary N) is 1. The van der Waals surface area contributed by atoms with E-state index in [0.29, 0.717) is 19.4 Å². The van der Waals surface area contributed by atoms with Gasteiger partial charge in [0.25, 0.3) is 0 Å². The Labute approximate surface area is 487 Å². The summed E-state index contributed by atoms with van der Waals surface area (Å²) >= 11 is 0. The summed E-state index contributed by atoms with van der Waals surface area (Å²) in [5.41, 5.74) is 0. The standard InChI is InChI=1S/C72H137NO5/c1-3-5-7-9-11-13-15-17-36-40-44-48-52-56-60-64-70(75)69(68-74)73-71(76)65-61-57-53-49-45-41-38-34-32-30-28-26-24-22-20-19-21-23-25-27-29-31-33-35-39-43-47-51-55-59-63-67-78-72(77)66-62-58-54-50-46-42-37-18-16-14-12-10-8-6-4-2/h12,14,18,37,60,64,69-70,74-75H,3-11,13,15-17,19-36,38-59,61-63,65-68H2,1-2H3,(H,73,76)/b14-12-,37-18-,64-60+/t69-,70+/m0/s1. The number of unbranched alkanes of at least 4 members (excludes halogenated alkanes) is 51. The summed E-state index contributed by atoms with van der Waals surface area (Å²) in [6, 6.07) is -0.624. The van der Waals surface area contributed by atoms with Crippen LogP contribution in [-0.2, 0) is 14.3 Å². The molecule has 460 valence electrons. The minimum atomic E-state index is -0.841. The summed E-state index contributed by atoms with van der Waals surface area (Å²) in [7, 11) is 0. The lowest BCUT2D eigenvalue weighted by atomic mass is 10.0. The fraction of sp³-hybridized carbons (Fsp3) is 0.889. The molecule has 0 fully saturated rings. The van der Waals surface area contributed by atoms with Gasteiger partial charge in [-0.1, -0.05) is 346 Å². The summed E-state index contributed by atoms with van der Waals surface area (Å²) in [5, 5.41) is 23.2. The molecule has 0 aromatic carbocycles. The number of aliphatic hydroxyl groups excluding tert-OH is 2. The second kappa shape index (κ2) is 67.6. The Hall–Kier alpha value is -1.92. The lowest BCUT2D eigenvalue weighted by Gasteiger charge is -2.20. The van der Waals surface area contributed by atoms with Gasteiger partial charge in [0.15, 0.2) is 0 Å². The highest BCUT2D eigenvalue weighted by Gasteiger charge is 2.18. The van der Waals surface area contributed by atoms with E-state index in [4.69, 9.17) is 4.74 Å². The number of esters is 1. The summed E-state index contributed by atoms with van der Waals surface area (Å²) < 4.78 is 5.49. The zero-order valence-corrected chi connectivity index (χ0v) is 52.7. The van der Waals surface area contributed by atoms with Crippen LogP contribution in [0.3, 0.4) is 0 Å². The predicted molar refractivity (Wildman–Crippen MR) is 343 cm³/mol. The van der Waals surface area contributed by atoms with E-state index in [-0.39, 0.29) is 18.5 Å². The van der Waals surface area contributed by atoms with Gasteiger partial charge in [-0.3, -0.25) is 9.59 Å². The molecular formula is C72H137NO5. The van der Waals surface area contributed by atoms with Crippen LogP contribution in [0, 0.1) is 0 Å². The van der Waals surface area contributed by atoms with E-state index in [0.717, 1.165) is 51.4 Å².